The van der Waals surface area contributed by atoms with E-state index in [1.165, 1.54) is 60.4 Å². The molecule has 0 saturated carbocycles. The molecular formula is C21H26N2. The summed E-state index contributed by atoms with van der Waals surface area (Å²) in [5.41, 5.74) is 7.25. The van der Waals surface area contributed by atoms with Crippen LogP contribution in [-0.2, 0) is 6.42 Å². The highest BCUT2D eigenvalue weighted by Gasteiger charge is 2.21. The highest BCUT2D eigenvalue weighted by atomic mass is 15.3. The Bertz CT molecular complexity index is 684. The van der Waals surface area contributed by atoms with Crippen molar-refractivity contribution in [2.75, 3.05) is 37.6 Å². The van der Waals surface area contributed by atoms with Crippen LogP contribution in [0.15, 0.2) is 42.5 Å². The average molecular weight is 306 g/mol. The van der Waals surface area contributed by atoms with Gasteiger partial charge in [0.2, 0.25) is 0 Å². The van der Waals surface area contributed by atoms with Crippen LogP contribution in [0.25, 0.3) is 11.1 Å². The Balaban J connectivity index is 1.47. The van der Waals surface area contributed by atoms with Gasteiger partial charge < -0.3 is 4.90 Å². The van der Waals surface area contributed by atoms with Crippen LogP contribution in [0, 0.1) is 0 Å². The van der Waals surface area contributed by atoms with E-state index in [1.54, 1.807) is 0 Å². The third-order valence-electron chi connectivity index (χ3n) is 5.34. The lowest BCUT2D eigenvalue weighted by Gasteiger charge is -2.36. The molecule has 0 amide bonds. The number of piperazine rings is 1. The number of nitrogens with zero attached hydrogens (tertiary/aromatic N) is 2. The van der Waals surface area contributed by atoms with E-state index in [9.17, 15) is 0 Å². The Hall–Kier alpha value is -1.80. The van der Waals surface area contributed by atoms with Gasteiger partial charge in [0.25, 0.3) is 0 Å². The normalized spacial score (nSPS) is 17.2. The maximum Gasteiger partial charge on any atom is 0.0370 e. The second-order valence-electron chi connectivity index (χ2n) is 6.86. The number of hydrogen-bond donors (Lipinski definition) is 0. The second kappa shape index (κ2) is 6.37. The highest BCUT2D eigenvalue weighted by molar-refractivity contribution is 5.78. The summed E-state index contributed by atoms with van der Waals surface area (Å²) in [7, 11) is 0. The van der Waals surface area contributed by atoms with E-state index < -0.39 is 0 Å². The molecule has 1 heterocycles. The Labute approximate surface area is 139 Å². The van der Waals surface area contributed by atoms with Crippen LogP contribution in [-0.4, -0.2) is 37.6 Å². The highest BCUT2D eigenvalue weighted by Crippen LogP contribution is 2.38. The van der Waals surface area contributed by atoms with E-state index in [1.807, 2.05) is 0 Å². The zero-order chi connectivity index (χ0) is 15.6. The first-order chi connectivity index (χ1) is 11.3. The fourth-order valence-electron chi connectivity index (χ4n) is 3.94. The molecule has 2 aliphatic rings. The molecular weight excluding hydrogens is 280 g/mol. The smallest absolute Gasteiger partial charge is 0.0370 e. The molecule has 0 unspecified atom stereocenters. The van der Waals surface area contributed by atoms with Gasteiger partial charge in [-0.15, -0.1) is 0 Å². The average Bonchev–Trinajstić information content (AvgIpc) is 2.98. The SMILES string of the molecule is CCCCN1CCN(c2ccc3c(c2)Cc2ccccc2-3)CC1. The lowest BCUT2D eigenvalue weighted by molar-refractivity contribution is 0.254. The second-order valence-corrected chi connectivity index (χ2v) is 6.86. The van der Waals surface area contributed by atoms with Gasteiger partial charge in [-0.3, -0.25) is 4.90 Å². The van der Waals surface area contributed by atoms with Crippen LogP contribution >= 0.6 is 0 Å². The number of fused-ring (bicyclic) bond motifs is 3. The fraction of sp³-hybridized carbons (Fsp3) is 0.429. The molecule has 120 valence electrons. The van der Waals surface area contributed by atoms with E-state index in [4.69, 9.17) is 0 Å². The standard InChI is InChI=1S/C21H26N2/c1-2-3-10-22-11-13-23(14-12-22)19-8-9-21-18(16-19)15-17-6-4-5-7-20(17)21/h4-9,16H,2-3,10-15H2,1H3. The van der Waals surface area contributed by atoms with Crippen LogP contribution < -0.4 is 4.90 Å². The first-order valence-electron chi connectivity index (χ1n) is 9.03. The summed E-state index contributed by atoms with van der Waals surface area (Å²) in [5.74, 6) is 0. The van der Waals surface area contributed by atoms with Crippen molar-refractivity contribution in [2.45, 2.75) is 26.2 Å². The summed E-state index contributed by atoms with van der Waals surface area (Å²) < 4.78 is 0. The van der Waals surface area contributed by atoms with Gasteiger partial charge in [-0.1, -0.05) is 43.7 Å². The molecule has 0 N–H and O–H groups in total. The minimum absolute atomic E-state index is 1.09. The van der Waals surface area contributed by atoms with Gasteiger partial charge in [-0.2, -0.15) is 0 Å². The number of hydrogen-bond acceptors (Lipinski definition) is 2. The molecule has 23 heavy (non-hydrogen) atoms. The van der Waals surface area contributed by atoms with Gasteiger partial charge in [0.1, 0.15) is 0 Å². The zero-order valence-electron chi connectivity index (χ0n) is 14.1. The molecule has 0 atom stereocenters. The van der Waals surface area contributed by atoms with Crippen LogP contribution in [0.5, 0.6) is 0 Å². The zero-order valence-corrected chi connectivity index (χ0v) is 14.1. The number of benzene rings is 2. The summed E-state index contributed by atoms with van der Waals surface area (Å²) in [4.78, 5) is 5.18. The van der Waals surface area contributed by atoms with Crippen molar-refractivity contribution in [2.24, 2.45) is 0 Å². The van der Waals surface area contributed by atoms with Gasteiger partial charge in [-0.05, 0) is 53.8 Å². The Morgan fingerprint density at radius 2 is 1.65 bits per heavy atom. The van der Waals surface area contributed by atoms with E-state index >= 15 is 0 Å². The molecule has 1 aliphatic carbocycles. The van der Waals surface area contributed by atoms with Gasteiger partial charge in [0.15, 0.2) is 0 Å². The third kappa shape index (κ3) is 2.88. The molecule has 2 nitrogen and oxygen atoms in total. The summed E-state index contributed by atoms with van der Waals surface area (Å²) in [6, 6.07) is 15.9. The molecule has 2 heteroatoms. The Morgan fingerprint density at radius 3 is 2.48 bits per heavy atom. The van der Waals surface area contributed by atoms with Crippen molar-refractivity contribution >= 4 is 5.69 Å². The lowest BCUT2D eigenvalue weighted by atomic mass is 10.1. The molecule has 0 radical (unpaired) electrons. The topological polar surface area (TPSA) is 6.48 Å². The van der Waals surface area contributed by atoms with Gasteiger partial charge in [0.05, 0.1) is 0 Å². The summed E-state index contributed by atoms with van der Waals surface area (Å²) in [6.45, 7) is 8.28. The van der Waals surface area contributed by atoms with Crippen molar-refractivity contribution in [3.63, 3.8) is 0 Å². The lowest BCUT2D eigenvalue weighted by Crippen LogP contribution is -2.46. The molecule has 1 fully saturated rings. The minimum atomic E-state index is 1.09. The molecule has 2 aromatic rings. The predicted molar refractivity (Wildman–Crippen MR) is 98.2 cm³/mol. The van der Waals surface area contributed by atoms with Crippen molar-refractivity contribution in [3.8, 4) is 11.1 Å². The third-order valence-corrected chi connectivity index (χ3v) is 5.34. The molecule has 0 aromatic heterocycles. The number of anilines is 1. The predicted octanol–water partition coefficient (Wildman–Crippen LogP) is 4.18. The number of unbranched alkanes of at least 4 members (excludes halogenated alkanes) is 1. The van der Waals surface area contributed by atoms with Crippen molar-refractivity contribution in [1.82, 2.24) is 4.90 Å². The molecule has 1 aliphatic heterocycles. The first-order valence-corrected chi connectivity index (χ1v) is 9.03. The van der Waals surface area contributed by atoms with Crippen molar-refractivity contribution in [3.05, 3.63) is 53.6 Å². The number of rotatable bonds is 4. The fourth-order valence-corrected chi connectivity index (χ4v) is 3.94. The summed E-state index contributed by atoms with van der Waals surface area (Å²) in [5, 5.41) is 0. The van der Waals surface area contributed by atoms with E-state index in [-0.39, 0.29) is 0 Å². The summed E-state index contributed by atoms with van der Waals surface area (Å²) >= 11 is 0. The summed E-state index contributed by atoms with van der Waals surface area (Å²) in [6.07, 6.45) is 3.72. The Kier molecular flexibility index (Phi) is 4.09. The van der Waals surface area contributed by atoms with Crippen LogP contribution in [0.4, 0.5) is 5.69 Å². The molecule has 4 rings (SSSR count). The first kappa shape index (κ1) is 14.8. The van der Waals surface area contributed by atoms with Crippen LogP contribution in [0.3, 0.4) is 0 Å². The Morgan fingerprint density at radius 1 is 0.870 bits per heavy atom. The molecule has 1 saturated heterocycles. The van der Waals surface area contributed by atoms with Crippen LogP contribution in [0.2, 0.25) is 0 Å². The minimum Gasteiger partial charge on any atom is -0.369 e. The van der Waals surface area contributed by atoms with Gasteiger partial charge in [-0.25, -0.2) is 0 Å². The van der Waals surface area contributed by atoms with E-state index in [0.717, 1.165) is 19.5 Å². The van der Waals surface area contributed by atoms with Crippen molar-refractivity contribution in [1.29, 1.82) is 0 Å². The monoisotopic (exact) mass is 306 g/mol. The molecule has 0 bridgehead atoms. The van der Waals surface area contributed by atoms with Crippen LogP contribution in [0.1, 0.15) is 30.9 Å². The van der Waals surface area contributed by atoms with E-state index in [2.05, 4.69) is 59.2 Å². The molecule has 0 spiro atoms. The molecule has 2 aromatic carbocycles. The van der Waals surface area contributed by atoms with Gasteiger partial charge >= 0.3 is 0 Å². The van der Waals surface area contributed by atoms with Gasteiger partial charge in [0, 0.05) is 31.9 Å². The maximum absolute atomic E-state index is 2.61. The largest absolute Gasteiger partial charge is 0.369 e. The maximum atomic E-state index is 2.61. The van der Waals surface area contributed by atoms with E-state index in [0.29, 0.717) is 0 Å². The quantitative estimate of drug-likeness (QED) is 0.713. The van der Waals surface area contributed by atoms with Crippen molar-refractivity contribution < 1.29 is 0 Å².